The molecule has 1 aromatic heterocycles. The summed E-state index contributed by atoms with van der Waals surface area (Å²) >= 11 is 0. The van der Waals surface area contributed by atoms with Gasteiger partial charge in [-0.3, -0.25) is 14.9 Å². The van der Waals surface area contributed by atoms with Gasteiger partial charge in [-0.2, -0.15) is 0 Å². The number of piperidine rings is 2. The Labute approximate surface area is 170 Å². The molecule has 160 valence electrons. The maximum atomic E-state index is 12.1. The fourth-order valence-electron chi connectivity index (χ4n) is 4.04. The van der Waals surface area contributed by atoms with E-state index in [0.29, 0.717) is 26.2 Å². The van der Waals surface area contributed by atoms with Gasteiger partial charge in [-0.05, 0) is 45.7 Å². The van der Waals surface area contributed by atoms with Crippen LogP contribution in [0.4, 0.5) is 17.3 Å². The number of anilines is 2. The molecule has 3 rings (SSSR count). The van der Waals surface area contributed by atoms with Gasteiger partial charge in [0.2, 0.25) is 11.6 Å². The first-order chi connectivity index (χ1) is 14.1. The number of likely N-dealkylation sites (tertiary alicyclic amines) is 1. The van der Waals surface area contributed by atoms with Crippen LogP contribution in [0.15, 0.2) is 6.33 Å². The molecule has 2 aliphatic rings. The molecule has 0 spiro atoms. The second-order valence-corrected chi connectivity index (χ2v) is 7.52. The van der Waals surface area contributed by atoms with Crippen LogP contribution in [0.1, 0.15) is 39.0 Å². The van der Waals surface area contributed by atoms with E-state index in [4.69, 9.17) is 4.74 Å². The second kappa shape index (κ2) is 10.3. The largest absolute Gasteiger partial charge is 0.466 e. The van der Waals surface area contributed by atoms with Gasteiger partial charge in [0, 0.05) is 26.2 Å². The number of nitro groups is 1. The summed E-state index contributed by atoms with van der Waals surface area (Å²) in [4.78, 5) is 36.0. The highest BCUT2D eigenvalue weighted by Gasteiger charge is 2.33. The van der Waals surface area contributed by atoms with Crippen LogP contribution in [-0.4, -0.2) is 71.6 Å². The van der Waals surface area contributed by atoms with Crippen LogP contribution >= 0.6 is 0 Å². The standard InChI is InChI=1S/C19H30N6O4/c1-2-29-19(26)15-7-6-11-24(13-15)18-16(25(27)28)17(21-14-22-18)20-8-12-23-9-4-3-5-10-23/h14-15H,2-13H2,1H3,(H,20,21,22). The number of nitrogens with one attached hydrogen (secondary N) is 1. The lowest BCUT2D eigenvalue weighted by atomic mass is 9.98. The zero-order valence-corrected chi connectivity index (χ0v) is 17.0. The van der Waals surface area contributed by atoms with E-state index in [9.17, 15) is 14.9 Å². The monoisotopic (exact) mass is 406 g/mol. The fraction of sp³-hybridized carbons (Fsp3) is 0.737. The SMILES string of the molecule is CCOC(=O)C1CCCN(c2ncnc(NCCN3CCCCC3)c2[N+](=O)[O-])C1. The summed E-state index contributed by atoms with van der Waals surface area (Å²) in [5.41, 5.74) is -0.129. The molecule has 1 N–H and O–H groups in total. The summed E-state index contributed by atoms with van der Waals surface area (Å²) in [5.74, 6) is -0.0580. The van der Waals surface area contributed by atoms with Gasteiger partial charge in [0.25, 0.3) is 0 Å². The highest BCUT2D eigenvalue weighted by atomic mass is 16.6. The number of rotatable bonds is 8. The van der Waals surface area contributed by atoms with Crippen molar-refractivity contribution in [3.63, 3.8) is 0 Å². The third-order valence-corrected chi connectivity index (χ3v) is 5.50. The summed E-state index contributed by atoms with van der Waals surface area (Å²) in [6.07, 6.45) is 6.49. The fourth-order valence-corrected chi connectivity index (χ4v) is 4.04. The molecule has 2 aliphatic heterocycles. The lowest BCUT2D eigenvalue weighted by molar-refractivity contribution is -0.383. The van der Waals surface area contributed by atoms with Crippen molar-refractivity contribution in [3.8, 4) is 0 Å². The molecular weight excluding hydrogens is 376 g/mol. The molecule has 0 aliphatic carbocycles. The molecule has 1 aromatic rings. The molecule has 0 saturated carbocycles. The van der Waals surface area contributed by atoms with Crippen molar-refractivity contribution in [2.45, 2.75) is 39.0 Å². The Hall–Kier alpha value is -2.49. The molecule has 3 heterocycles. The lowest BCUT2D eigenvalue weighted by Gasteiger charge is -2.32. The van der Waals surface area contributed by atoms with Crippen molar-refractivity contribution in [1.29, 1.82) is 0 Å². The number of ether oxygens (including phenoxy) is 1. The number of carbonyl (C=O) groups is 1. The Kier molecular flexibility index (Phi) is 7.56. The van der Waals surface area contributed by atoms with E-state index in [-0.39, 0.29) is 29.2 Å². The molecule has 2 fully saturated rings. The minimum absolute atomic E-state index is 0.129. The summed E-state index contributed by atoms with van der Waals surface area (Å²) < 4.78 is 5.13. The highest BCUT2D eigenvalue weighted by molar-refractivity contribution is 5.75. The number of aromatic nitrogens is 2. The smallest absolute Gasteiger partial charge is 0.353 e. The second-order valence-electron chi connectivity index (χ2n) is 7.52. The quantitative estimate of drug-likeness (QED) is 0.393. The van der Waals surface area contributed by atoms with Crippen LogP contribution in [0.25, 0.3) is 0 Å². The molecule has 0 aromatic carbocycles. The van der Waals surface area contributed by atoms with Gasteiger partial charge in [0.05, 0.1) is 17.4 Å². The van der Waals surface area contributed by atoms with Crippen LogP contribution in [0, 0.1) is 16.0 Å². The van der Waals surface area contributed by atoms with Gasteiger partial charge in [0.15, 0.2) is 0 Å². The third-order valence-electron chi connectivity index (χ3n) is 5.50. The predicted molar refractivity (Wildman–Crippen MR) is 109 cm³/mol. The van der Waals surface area contributed by atoms with Gasteiger partial charge in [0.1, 0.15) is 6.33 Å². The van der Waals surface area contributed by atoms with Gasteiger partial charge in [-0.25, -0.2) is 9.97 Å². The zero-order chi connectivity index (χ0) is 20.6. The van der Waals surface area contributed by atoms with Crippen molar-refractivity contribution < 1.29 is 14.5 Å². The normalized spacial score (nSPS) is 20.3. The van der Waals surface area contributed by atoms with Crippen LogP contribution in [0.3, 0.4) is 0 Å². The van der Waals surface area contributed by atoms with Crippen molar-refractivity contribution >= 4 is 23.3 Å². The molecular formula is C19H30N6O4. The van der Waals surface area contributed by atoms with Crippen LogP contribution < -0.4 is 10.2 Å². The van der Waals surface area contributed by atoms with Crippen LogP contribution in [0.5, 0.6) is 0 Å². The average molecular weight is 406 g/mol. The van der Waals surface area contributed by atoms with Crippen molar-refractivity contribution in [3.05, 3.63) is 16.4 Å². The summed E-state index contributed by atoms with van der Waals surface area (Å²) in [5, 5.41) is 14.9. The summed E-state index contributed by atoms with van der Waals surface area (Å²) in [6.45, 7) is 6.63. The molecule has 2 saturated heterocycles. The zero-order valence-electron chi connectivity index (χ0n) is 17.0. The van der Waals surface area contributed by atoms with E-state index < -0.39 is 4.92 Å². The maximum Gasteiger partial charge on any atom is 0.353 e. The van der Waals surface area contributed by atoms with Crippen LogP contribution in [-0.2, 0) is 9.53 Å². The first-order valence-electron chi connectivity index (χ1n) is 10.5. The van der Waals surface area contributed by atoms with Crippen molar-refractivity contribution in [1.82, 2.24) is 14.9 Å². The van der Waals surface area contributed by atoms with E-state index in [0.717, 1.165) is 32.5 Å². The Bertz CT molecular complexity index is 710. The number of hydrogen-bond donors (Lipinski definition) is 1. The van der Waals surface area contributed by atoms with E-state index >= 15 is 0 Å². The summed E-state index contributed by atoms with van der Waals surface area (Å²) in [7, 11) is 0. The molecule has 0 bridgehead atoms. The minimum Gasteiger partial charge on any atom is -0.466 e. The number of esters is 1. The molecule has 29 heavy (non-hydrogen) atoms. The van der Waals surface area contributed by atoms with E-state index in [1.54, 1.807) is 11.8 Å². The van der Waals surface area contributed by atoms with E-state index in [1.807, 2.05) is 0 Å². The van der Waals surface area contributed by atoms with Gasteiger partial charge >= 0.3 is 11.7 Å². The Morgan fingerprint density at radius 2 is 2.07 bits per heavy atom. The molecule has 10 heteroatoms. The first-order valence-corrected chi connectivity index (χ1v) is 10.5. The lowest BCUT2D eigenvalue weighted by Crippen LogP contribution is -2.40. The van der Waals surface area contributed by atoms with E-state index in [1.165, 1.54) is 25.6 Å². The molecule has 0 amide bonds. The number of hydrogen-bond acceptors (Lipinski definition) is 9. The minimum atomic E-state index is -0.438. The Morgan fingerprint density at radius 3 is 2.79 bits per heavy atom. The third kappa shape index (κ3) is 5.53. The van der Waals surface area contributed by atoms with Crippen molar-refractivity contribution in [2.24, 2.45) is 5.92 Å². The number of carbonyl (C=O) groups excluding carboxylic acids is 1. The Morgan fingerprint density at radius 1 is 1.28 bits per heavy atom. The topological polar surface area (TPSA) is 114 Å². The molecule has 1 unspecified atom stereocenters. The average Bonchev–Trinajstić information content (AvgIpc) is 2.74. The van der Waals surface area contributed by atoms with E-state index in [2.05, 4.69) is 20.2 Å². The predicted octanol–water partition coefficient (Wildman–Crippen LogP) is 2.06. The summed E-state index contributed by atoms with van der Waals surface area (Å²) in [6, 6.07) is 0. The van der Waals surface area contributed by atoms with Gasteiger partial charge < -0.3 is 19.9 Å². The maximum absolute atomic E-state index is 12.1. The van der Waals surface area contributed by atoms with Crippen molar-refractivity contribution in [2.75, 3.05) is 56.1 Å². The van der Waals surface area contributed by atoms with Crippen LogP contribution in [0.2, 0.25) is 0 Å². The highest BCUT2D eigenvalue weighted by Crippen LogP contribution is 2.34. The molecule has 0 radical (unpaired) electrons. The van der Waals surface area contributed by atoms with Gasteiger partial charge in [-0.1, -0.05) is 6.42 Å². The van der Waals surface area contributed by atoms with Gasteiger partial charge in [-0.15, -0.1) is 0 Å². The Balaban J connectivity index is 1.70. The first kappa shape index (κ1) is 21.2. The number of nitrogens with zero attached hydrogens (tertiary/aromatic N) is 5. The molecule has 10 nitrogen and oxygen atoms in total. The molecule has 1 atom stereocenters.